The zero-order chi connectivity index (χ0) is 17.9. The Labute approximate surface area is 144 Å². The number of nitrogen functional groups attached to an aromatic ring is 1. The fourth-order valence-electron chi connectivity index (χ4n) is 2.08. The minimum atomic E-state index is -0.838. The molecule has 2 rings (SSSR count). The van der Waals surface area contributed by atoms with Gasteiger partial charge in [-0.1, -0.05) is 17.7 Å². The minimum Gasteiger partial charge on any atom is -0.495 e. The molecule has 0 aromatic heterocycles. The number of amides is 2. The highest BCUT2D eigenvalue weighted by Crippen LogP contribution is 2.31. The van der Waals surface area contributed by atoms with Gasteiger partial charge in [-0.25, -0.2) is 0 Å². The first-order chi connectivity index (χ1) is 11.3. The lowest BCUT2D eigenvalue weighted by atomic mass is 10.2. The van der Waals surface area contributed by atoms with Gasteiger partial charge in [0, 0.05) is 11.1 Å². The molecule has 2 aromatic rings. The van der Waals surface area contributed by atoms with Gasteiger partial charge in [0.25, 0.3) is 0 Å². The van der Waals surface area contributed by atoms with E-state index in [1.807, 2.05) is 6.92 Å². The lowest BCUT2D eigenvalue weighted by Gasteiger charge is -2.13. The van der Waals surface area contributed by atoms with E-state index in [1.54, 1.807) is 37.3 Å². The van der Waals surface area contributed by atoms with Crippen molar-refractivity contribution in [1.29, 1.82) is 0 Å². The normalized spacial score (nSPS) is 10.2. The lowest BCUT2D eigenvalue weighted by Crippen LogP contribution is -2.29. The molecule has 0 aliphatic rings. The second-order valence-electron chi connectivity index (χ2n) is 5.30. The maximum atomic E-state index is 12.1. The second kappa shape index (κ2) is 7.23. The van der Waals surface area contributed by atoms with Crippen LogP contribution in [0.5, 0.6) is 5.75 Å². The van der Waals surface area contributed by atoms with E-state index in [4.69, 9.17) is 22.1 Å². The quantitative estimate of drug-likeness (QED) is 0.587. The van der Waals surface area contributed by atoms with Crippen LogP contribution in [0.3, 0.4) is 0 Å². The Kier molecular flexibility index (Phi) is 5.31. The molecular formula is C17H18ClN3O3. The van der Waals surface area contributed by atoms with Crippen molar-refractivity contribution in [3.05, 3.63) is 46.5 Å². The van der Waals surface area contributed by atoms with E-state index < -0.39 is 11.8 Å². The summed E-state index contributed by atoms with van der Waals surface area (Å²) in [7, 11) is 1.45. The predicted octanol–water partition coefficient (Wildman–Crippen LogP) is 3.12. The van der Waals surface area contributed by atoms with Crippen molar-refractivity contribution < 1.29 is 14.3 Å². The first-order valence-electron chi connectivity index (χ1n) is 7.14. The molecule has 24 heavy (non-hydrogen) atoms. The third-order valence-electron chi connectivity index (χ3n) is 3.39. The topological polar surface area (TPSA) is 93.4 Å². The summed E-state index contributed by atoms with van der Waals surface area (Å²) in [6, 6.07) is 8.34. The van der Waals surface area contributed by atoms with Crippen LogP contribution < -0.4 is 21.1 Å². The highest BCUT2D eigenvalue weighted by atomic mass is 35.5. The van der Waals surface area contributed by atoms with Crippen LogP contribution >= 0.6 is 11.6 Å². The number of nitrogens with two attached hydrogens (primary N) is 1. The molecule has 126 valence electrons. The maximum Gasteiger partial charge on any atom is 0.314 e. The summed E-state index contributed by atoms with van der Waals surface area (Å²) in [6.07, 6.45) is 0. The molecule has 0 heterocycles. The predicted molar refractivity (Wildman–Crippen MR) is 95.6 cm³/mol. The van der Waals surface area contributed by atoms with Crippen LogP contribution in [0.25, 0.3) is 0 Å². The van der Waals surface area contributed by atoms with E-state index in [1.165, 1.54) is 7.11 Å². The molecule has 0 radical (unpaired) electrons. The van der Waals surface area contributed by atoms with Crippen LogP contribution in [0.1, 0.15) is 11.1 Å². The van der Waals surface area contributed by atoms with Gasteiger partial charge in [-0.15, -0.1) is 0 Å². The number of carbonyl (C=O) groups excluding carboxylic acids is 2. The van der Waals surface area contributed by atoms with Gasteiger partial charge < -0.3 is 21.1 Å². The Morgan fingerprint density at radius 3 is 2.25 bits per heavy atom. The van der Waals surface area contributed by atoms with Crippen LogP contribution in [0, 0.1) is 13.8 Å². The summed E-state index contributed by atoms with van der Waals surface area (Å²) in [5.41, 5.74) is 8.64. The van der Waals surface area contributed by atoms with Gasteiger partial charge in [-0.2, -0.15) is 0 Å². The van der Waals surface area contributed by atoms with Crippen LogP contribution in [-0.4, -0.2) is 18.9 Å². The van der Waals surface area contributed by atoms with E-state index in [-0.39, 0.29) is 0 Å². The van der Waals surface area contributed by atoms with Crippen LogP contribution in [0.15, 0.2) is 30.3 Å². The van der Waals surface area contributed by atoms with Crippen LogP contribution in [0.2, 0.25) is 5.02 Å². The maximum absolute atomic E-state index is 12.1. The van der Waals surface area contributed by atoms with Crippen molar-refractivity contribution in [3.63, 3.8) is 0 Å². The first-order valence-corrected chi connectivity index (χ1v) is 7.52. The van der Waals surface area contributed by atoms with Gasteiger partial charge in [-0.05, 0) is 43.2 Å². The number of anilines is 3. The molecule has 0 saturated heterocycles. The van der Waals surface area contributed by atoms with E-state index in [0.717, 1.165) is 11.1 Å². The molecule has 0 aliphatic heterocycles. The molecule has 2 amide bonds. The number of aryl methyl sites for hydroxylation is 2. The summed E-state index contributed by atoms with van der Waals surface area (Å²) >= 11 is 6.02. The molecular weight excluding hydrogens is 330 g/mol. The standard InChI is InChI=1S/C17H18ClN3O3/c1-9-4-5-13(12(19)6-9)20-16(22)17(23)21-14-7-10(2)11(18)8-15(14)24-3/h4-8H,19H2,1-3H3,(H,20,22)(H,21,23). The number of hydrogen-bond donors (Lipinski definition) is 3. The van der Waals surface area contributed by atoms with Crippen molar-refractivity contribution in [1.82, 2.24) is 0 Å². The fourth-order valence-corrected chi connectivity index (χ4v) is 2.24. The van der Waals surface area contributed by atoms with E-state index >= 15 is 0 Å². The number of ether oxygens (including phenoxy) is 1. The van der Waals surface area contributed by atoms with E-state index in [9.17, 15) is 9.59 Å². The Bertz CT molecular complexity index is 806. The SMILES string of the molecule is COc1cc(Cl)c(C)cc1NC(=O)C(=O)Nc1ccc(C)cc1N. The van der Waals surface area contributed by atoms with Crippen molar-refractivity contribution in [2.75, 3.05) is 23.5 Å². The summed E-state index contributed by atoms with van der Waals surface area (Å²) in [6.45, 7) is 3.66. The Morgan fingerprint density at radius 2 is 1.67 bits per heavy atom. The average molecular weight is 348 g/mol. The fraction of sp³-hybridized carbons (Fsp3) is 0.176. The highest BCUT2D eigenvalue weighted by Gasteiger charge is 2.18. The molecule has 0 saturated carbocycles. The summed E-state index contributed by atoms with van der Waals surface area (Å²) in [5, 5.41) is 5.48. The molecule has 2 aromatic carbocycles. The third kappa shape index (κ3) is 3.97. The van der Waals surface area contributed by atoms with Gasteiger partial charge in [0.1, 0.15) is 5.75 Å². The monoisotopic (exact) mass is 347 g/mol. The number of halogens is 1. The summed E-state index contributed by atoms with van der Waals surface area (Å²) in [4.78, 5) is 24.2. The number of rotatable bonds is 3. The first kappa shape index (κ1) is 17.6. The van der Waals surface area contributed by atoms with E-state index in [0.29, 0.717) is 27.8 Å². The summed E-state index contributed by atoms with van der Waals surface area (Å²) in [5.74, 6) is -1.31. The molecule has 0 fully saturated rings. The van der Waals surface area contributed by atoms with Crippen molar-refractivity contribution in [2.24, 2.45) is 0 Å². The number of carbonyl (C=O) groups is 2. The average Bonchev–Trinajstić information content (AvgIpc) is 2.53. The number of nitrogens with one attached hydrogen (secondary N) is 2. The zero-order valence-corrected chi connectivity index (χ0v) is 14.3. The number of benzene rings is 2. The van der Waals surface area contributed by atoms with Crippen LogP contribution in [-0.2, 0) is 9.59 Å². The highest BCUT2D eigenvalue weighted by molar-refractivity contribution is 6.44. The smallest absolute Gasteiger partial charge is 0.314 e. The van der Waals surface area contributed by atoms with Gasteiger partial charge in [-0.3, -0.25) is 9.59 Å². The molecule has 0 bridgehead atoms. The van der Waals surface area contributed by atoms with Crippen LogP contribution in [0.4, 0.5) is 17.1 Å². The molecule has 0 atom stereocenters. The lowest BCUT2D eigenvalue weighted by molar-refractivity contribution is -0.133. The molecule has 0 spiro atoms. The van der Waals surface area contributed by atoms with Crippen molar-refractivity contribution in [3.8, 4) is 5.75 Å². The van der Waals surface area contributed by atoms with Gasteiger partial charge in [0.05, 0.1) is 24.2 Å². The van der Waals surface area contributed by atoms with Crippen molar-refractivity contribution in [2.45, 2.75) is 13.8 Å². The van der Waals surface area contributed by atoms with E-state index in [2.05, 4.69) is 10.6 Å². The minimum absolute atomic E-state index is 0.358. The summed E-state index contributed by atoms with van der Waals surface area (Å²) < 4.78 is 5.16. The van der Waals surface area contributed by atoms with Gasteiger partial charge in [0.15, 0.2) is 0 Å². The van der Waals surface area contributed by atoms with Gasteiger partial charge >= 0.3 is 11.8 Å². The zero-order valence-electron chi connectivity index (χ0n) is 13.6. The largest absolute Gasteiger partial charge is 0.495 e. The third-order valence-corrected chi connectivity index (χ3v) is 3.80. The molecule has 4 N–H and O–H groups in total. The molecule has 7 heteroatoms. The Hall–Kier alpha value is -2.73. The number of hydrogen-bond acceptors (Lipinski definition) is 4. The molecule has 0 unspecified atom stereocenters. The Balaban J connectivity index is 2.15. The molecule has 0 aliphatic carbocycles. The second-order valence-corrected chi connectivity index (χ2v) is 5.71. The number of methoxy groups -OCH3 is 1. The van der Waals surface area contributed by atoms with Gasteiger partial charge in [0.2, 0.25) is 0 Å². The molecule has 6 nitrogen and oxygen atoms in total. The van der Waals surface area contributed by atoms with Crippen molar-refractivity contribution >= 4 is 40.5 Å². The Morgan fingerprint density at radius 1 is 1.04 bits per heavy atom.